The first-order valence-electron chi connectivity index (χ1n) is 8.98. The number of likely N-dealkylation sites (tertiary alicyclic amines) is 1. The van der Waals surface area contributed by atoms with Crippen LogP contribution in [0.3, 0.4) is 0 Å². The van der Waals surface area contributed by atoms with Crippen LogP contribution >= 0.6 is 0 Å². The first-order valence-corrected chi connectivity index (χ1v) is 8.98. The number of carbonyl (C=O) groups is 1. The number of nitrogens with zero attached hydrogens (tertiary/aromatic N) is 2. The summed E-state index contributed by atoms with van der Waals surface area (Å²) in [7, 11) is 3.75. The minimum Gasteiger partial charge on any atom is -0.497 e. The molecule has 0 atom stereocenters. The predicted octanol–water partition coefficient (Wildman–Crippen LogP) is 2.40. The monoisotopic (exact) mass is 346 g/mol. The van der Waals surface area contributed by atoms with Crippen LogP contribution in [0.1, 0.15) is 31.7 Å². The average molecular weight is 346 g/mol. The van der Waals surface area contributed by atoms with Crippen molar-refractivity contribution in [2.24, 2.45) is 0 Å². The minimum atomic E-state index is 0.0878. The summed E-state index contributed by atoms with van der Waals surface area (Å²) >= 11 is 0. The summed E-state index contributed by atoms with van der Waals surface area (Å²) < 4.78 is 5.17. The van der Waals surface area contributed by atoms with Gasteiger partial charge in [0, 0.05) is 38.4 Å². The number of methoxy groups -OCH3 is 1. The molecule has 138 valence electrons. The normalized spacial score (nSPS) is 16.4. The Balaban J connectivity index is 1.88. The standard InChI is InChI=1S/C20H30N2O3/c1-16(17-5-7-19(25-3)8-6-17)15-20(24)22-12-9-18(10-13-22)21(2)11-4-14-23/h5-8,15,18,23H,4,9-14H2,1-3H3/b16-15+. The van der Waals surface area contributed by atoms with Gasteiger partial charge in [0.25, 0.3) is 0 Å². The van der Waals surface area contributed by atoms with Crippen LogP contribution in [-0.4, -0.2) is 67.3 Å². The molecule has 1 saturated heterocycles. The van der Waals surface area contributed by atoms with Gasteiger partial charge in [0.05, 0.1) is 7.11 Å². The molecule has 0 bridgehead atoms. The zero-order valence-corrected chi connectivity index (χ0v) is 15.6. The zero-order chi connectivity index (χ0) is 18.2. The smallest absolute Gasteiger partial charge is 0.246 e. The Morgan fingerprint density at radius 1 is 1.32 bits per heavy atom. The maximum Gasteiger partial charge on any atom is 0.246 e. The number of benzene rings is 1. The number of aliphatic hydroxyl groups is 1. The van der Waals surface area contributed by atoms with Crippen molar-refractivity contribution in [1.82, 2.24) is 9.80 Å². The molecule has 1 amide bonds. The van der Waals surface area contributed by atoms with Gasteiger partial charge in [-0.3, -0.25) is 4.79 Å². The summed E-state index contributed by atoms with van der Waals surface area (Å²) in [4.78, 5) is 16.8. The fourth-order valence-corrected chi connectivity index (χ4v) is 3.24. The lowest BCUT2D eigenvalue weighted by Crippen LogP contribution is -2.45. The van der Waals surface area contributed by atoms with E-state index in [2.05, 4.69) is 11.9 Å². The van der Waals surface area contributed by atoms with E-state index in [-0.39, 0.29) is 12.5 Å². The summed E-state index contributed by atoms with van der Waals surface area (Å²) in [5.41, 5.74) is 2.00. The van der Waals surface area contributed by atoms with E-state index in [1.165, 1.54) is 0 Å². The van der Waals surface area contributed by atoms with E-state index in [0.29, 0.717) is 6.04 Å². The molecule has 1 heterocycles. The van der Waals surface area contributed by atoms with Crippen molar-refractivity contribution >= 4 is 11.5 Å². The molecule has 0 spiro atoms. The van der Waals surface area contributed by atoms with E-state index in [9.17, 15) is 4.79 Å². The Bertz CT molecular complexity index is 575. The van der Waals surface area contributed by atoms with E-state index >= 15 is 0 Å². The molecule has 1 N–H and O–H groups in total. The van der Waals surface area contributed by atoms with Crippen molar-refractivity contribution in [2.75, 3.05) is 40.4 Å². The molecule has 25 heavy (non-hydrogen) atoms. The van der Waals surface area contributed by atoms with Gasteiger partial charge in [-0.25, -0.2) is 0 Å². The Morgan fingerprint density at radius 2 is 1.96 bits per heavy atom. The van der Waals surface area contributed by atoms with Gasteiger partial charge >= 0.3 is 0 Å². The number of piperidine rings is 1. The van der Waals surface area contributed by atoms with Crippen LogP contribution in [-0.2, 0) is 4.79 Å². The lowest BCUT2D eigenvalue weighted by molar-refractivity contribution is -0.127. The largest absolute Gasteiger partial charge is 0.497 e. The van der Waals surface area contributed by atoms with Crippen LogP contribution in [0.5, 0.6) is 5.75 Å². The van der Waals surface area contributed by atoms with Crippen LogP contribution in [0.15, 0.2) is 30.3 Å². The van der Waals surface area contributed by atoms with Crippen LogP contribution in [0.4, 0.5) is 0 Å². The molecule has 0 radical (unpaired) electrons. The lowest BCUT2D eigenvalue weighted by Gasteiger charge is -2.36. The molecule has 0 unspecified atom stereocenters. The van der Waals surface area contributed by atoms with Crippen LogP contribution in [0, 0.1) is 0 Å². The average Bonchev–Trinajstić information content (AvgIpc) is 2.66. The Morgan fingerprint density at radius 3 is 2.52 bits per heavy atom. The van der Waals surface area contributed by atoms with Gasteiger partial charge in [-0.15, -0.1) is 0 Å². The molecule has 1 aromatic rings. The fraction of sp³-hybridized carbons (Fsp3) is 0.550. The molecule has 2 rings (SSSR count). The van der Waals surface area contributed by atoms with Crippen molar-refractivity contribution in [1.29, 1.82) is 0 Å². The van der Waals surface area contributed by atoms with Gasteiger partial charge < -0.3 is 19.6 Å². The highest BCUT2D eigenvalue weighted by Crippen LogP contribution is 2.20. The number of rotatable bonds is 7. The minimum absolute atomic E-state index is 0.0878. The topological polar surface area (TPSA) is 53.0 Å². The molecular formula is C20H30N2O3. The summed E-state index contributed by atoms with van der Waals surface area (Å²) in [6.45, 7) is 4.69. The number of carbonyl (C=O) groups excluding carboxylic acids is 1. The summed E-state index contributed by atoms with van der Waals surface area (Å²) in [6.07, 6.45) is 4.52. The molecule has 0 aromatic heterocycles. The van der Waals surface area contributed by atoms with Gasteiger partial charge in [0.1, 0.15) is 5.75 Å². The van der Waals surface area contributed by atoms with E-state index in [1.807, 2.05) is 36.1 Å². The lowest BCUT2D eigenvalue weighted by atomic mass is 10.0. The highest BCUT2D eigenvalue weighted by Gasteiger charge is 2.24. The number of hydrogen-bond acceptors (Lipinski definition) is 4. The molecule has 0 saturated carbocycles. The summed E-state index contributed by atoms with van der Waals surface area (Å²) in [5.74, 6) is 0.903. The Hall–Kier alpha value is -1.85. The second-order valence-electron chi connectivity index (χ2n) is 6.67. The first kappa shape index (κ1) is 19.5. The highest BCUT2D eigenvalue weighted by molar-refractivity contribution is 5.94. The number of amides is 1. The van der Waals surface area contributed by atoms with Gasteiger partial charge in [-0.2, -0.15) is 0 Å². The van der Waals surface area contributed by atoms with Crippen molar-refractivity contribution in [3.63, 3.8) is 0 Å². The van der Waals surface area contributed by atoms with Gasteiger partial charge in [0.2, 0.25) is 5.91 Å². The number of ether oxygens (including phenoxy) is 1. The molecule has 1 aliphatic heterocycles. The molecule has 1 aliphatic rings. The maximum atomic E-state index is 12.5. The predicted molar refractivity (Wildman–Crippen MR) is 101 cm³/mol. The van der Waals surface area contributed by atoms with E-state index in [0.717, 1.165) is 55.8 Å². The molecule has 1 fully saturated rings. The second-order valence-corrected chi connectivity index (χ2v) is 6.67. The number of allylic oxidation sites excluding steroid dienone is 1. The molecule has 1 aromatic carbocycles. The zero-order valence-electron chi connectivity index (χ0n) is 15.6. The third-order valence-electron chi connectivity index (χ3n) is 4.95. The SMILES string of the molecule is COc1ccc(/C(C)=C/C(=O)N2CCC(N(C)CCCO)CC2)cc1. The first-order chi connectivity index (χ1) is 12.0. The van der Waals surface area contributed by atoms with Gasteiger partial charge in [-0.1, -0.05) is 12.1 Å². The Labute approximate surface area is 150 Å². The quantitative estimate of drug-likeness (QED) is 0.771. The van der Waals surface area contributed by atoms with Crippen molar-refractivity contribution < 1.29 is 14.6 Å². The van der Waals surface area contributed by atoms with E-state index in [1.54, 1.807) is 13.2 Å². The van der Waals surface area contributed by atoms with Crippen LogP contribution in [0.2, 0.25) is 0 Å². The number of aliphatic hydroxyl groups excluding tert-OH is 1. The third kappa shape index (κ3) is 5.58. The summed E-state index contributed by atoms with van der Waals surface area (Å²) in [6, 6.07) is 8.26. The Kier molecular flexibility index (Phi) is 7.47. The number of hydrogen-bond donors (Lipinski definition) is 1. The van der Waals surface area contributed by atoms with E-state index in [4.69, 9.17) is 9.84 Å². The molecule has 0 aliphatic carbocycles. The van der Waals surface area contributed by atoms with Crippen molar-refractivity contribution in [3.8, 4) is 5.75 Å². The van der Waals surface area contributed by atoms with Gasteiger partial charge in [0.15, 0.2) is 0 Å². The maximum absolute atomic E-state index is 12.5. The molecule has 5 nitrogen and oxygen atoms in total. The fourth-order valence-electron chi connectivity index (χ4n) is 3.24. The highest BCUT2D eigenvalue weighted by atomic mass is 16.5. The van der Waals surface area contributed by atoms with E-state index < -0.39 is 0 Å². The van der Waals surface area contributed by atoms with Crippen LogP contribution < -0.4 is 4.74 Å². The molecule has 5 heteroatoms. The third-order valence-corrected chi connectivity index (χ3v) is 4.95. The van der Waals surface area contributed by atoms with Gasteiger partial charge in [-0.05, 0) is 56.5 Å². The second kappa shape index (κ2) is 9.59. The van der Waals surface area contributed by atoms with Crippen molar-refractivity contribution in [3.05, 3.63) is 35.9 Å². The summed E-state index contributed by atoms with van der Waals surface area (Å²) in [5, 5.41) is 8.94. The van der Waals surface area contributed by atoms with Crippen LogP contribution in [0.25, 0.3) is 5.57 Å². The molecular weight excluding hydrogens is 316 g/mol. The van der Waals surface area contributed by atoms with Crippen molar-refractivity contribution in [2.45, 2.75) is 32.2 Å².